The molecular weight excluding hydrogens is 446 g/mol. The highest BCUT2D eigenvalue weighted by Gasteiger charge is 2.24. The second kappa shape index (κ2) is 10.5. The van der Waals surface area contributed by atoms with E-state index in [-0.39, 0.29) is 24.3 Å². The van der Waals surface area contributed by atoms with Gasteiger partial charge < -0.3 is 20.3 Å². The van der Waals surface area contributed by atoms with E-state index in [0.717, 1.165) is 35.3 Å². The van der Waals surface area contributed by atoms with Crippen LogP contribution in [0.4, 0.5) is 5.69 Å². The lowest BCUT2D eigenvalue weighted by atomic mass is 10.0. The average molecular weight is 474 g/mol. The van der Waals surface area contributed by atoms with Crippen molar-refractivity contribution in [3.8, 4) is 5.75 Å². The summed E-state index contributed by atoms with van der Waals surface area (Å²) in [5, 5.41) is 5.93. The SMILES string of the molecule is COc1ccc(C(CC(=O)NCC2CCN(c3cccc(Br)c3)C2)NC(C)=O)cc1. The third-order valence-corrected chi connectivity index (χ3v) is 5.83. The van der Waals surface area contributed by atoms with Gasteiger partial charge in [0.1, 0.15) is 5.75 Å². The Hall–Kier alpha value is -2.54. The summed E-state index contributed by atoms with van der Waals surface area (Å²) in [7, 11) is 1.61. The Morgan fingerprint density at radius 2 is 2.00 bits per heavy atom. The molecule has 0 spiro atoms. The smallest absolute Gasteiger partial charge is 0.222 e. The number of anilines is 1. The summed E-state index contributed by atoms with van der Waals surface area (Å²) < 4.78 is 6.25. The molecule has 1 aliphatic rings. The van der Waals surface area contributed by atoms with Gasteiger partial charge in [-0.15, -0.1) is 0 Å². The van der Waals surface area contributed by atoms with E-state index in [1.165, 1.54) is 12.6 Å². The molecule has 2 unspecified atom stereocenters. The fourth-order valence-corrected chi connectivity index (χ4v) is 4.14. The number of carbonyl (C=O) groups is 2. The number of methoxy groups -OCH3 is 1. The van der Waals surface area contributed by atoms with E-state index in [9.17, 15) is 9.59 Å². The van der Waals surface area contributed by atoms with Gasteiger partial charge in [-0.05, 0) is 48.2 Å². The first-order valence-corrected chi connectivity index (χ1v) is 10.9. The number of nitrogens with one attached hydrogen (secondary N) is 2. The highest BCUT2D eigenvalue weighted by molar-refractivity contribution is 9.10. The van der Waals surface area contributed by atoms with Gasteiger partial charge in [0.25, 0.3) is 0 Å². The Morgan fingerprint density at radius 3 is 2.67 bits per heavy atom. The maximum absolute atomic E-state index is 12.6. The van der Waals surface area contributed by atoms with Gasteiger partial charge in [0.15, 0.2) is 0 Å². The van der Waals surface area contributed by atoms with Gasteiger partial charge in [-0.1, -0.05) is 34.1 Å². The molecule has 2 aromatic rings. The second-order valence-corrected chi connectivity index (χ2v) is 8.53. The maximum Gasteiger partial charge on any atom is 0.222 e. The number of amides is 2. The van der Waals surface area contributed by atoms with Crippen LogP contribution in [0.1, 0.15) is 31.4 Å². The molecule has 0 saturated carbocycles. The van der Waals surface area contributed by atoms with Crippen LogP contribution in [0.5, 0.6) is 5.75 Å². The third kappa shape index (κ3) is 6.23. The van der Waals surface area contributed by atoms with Gasteiger partial charge in [-0.3, -0.25) is 9.59 Å². The first kappa shape index (κ1) is 22.2. The predicted octanol–water partition coefficient (Wildman–Crippen LogP) is 3.67. The first-order chi connectivity index (χ1) is 14.4. The molecule has 0 aliphatic carbocycles. The van der Waals surface area contributed by atoms with Crippen molar-refractivity contribution >= 4 is 33.4 Å². The lowest BCUT2D eigenvalue weighted by Gasteiger charge is -2.20. The lowest BCUT2D eigenvalue weighted by molar-refractivity contribution is -0.122. The molecule has 1 fully saturated rings. The summed E-state index contributed by atoms with van der Waals surface area (Å²) in [6.07, 6.45) is 1.24. The van der Waals surface area contributed by atoms with Crippen LogP contribution in [-0.2, 0) is 9.59 Å². The minimum atomic E-state index is -0.366. The van der Waals surface area contributed by atoms with E-state index in [2.05, 4.69) is 43.6 Å². The fourth-order valence-electron chi connectivity index (χ4n) is 3.76. The number of nitrogens with zero attached hydrogens (tertiary/aromatic N) is 1. The highest BCUT2D eigenvalue weighted by atomic mass is 79.9. The van der Waals surface area contributed by atoms with Crippen LogP contribution in [0.3, 0.4) is 0 Å². The van der Waals surface area contributed by atoms with Crippen molar-refractivity contribution in [2.24, 2.45) is 5.92 Å². The van der Waals surface area contributed by atoms with E-state index >= 15 is 0 Å². The number of rotatable bonds is 8. The monoisotopic (exact) mass is 473 g/mol. The van der Waals surface area contributed by atoms with Gasteiger partial charge in [0.2, 0.25) is 11.8 Å². The summed E-state index contributed by atoms with van der Waals surface area (Å²) in [6, 6.07) is 15.3. The topological polar surface area (TPSA) is 70.7 Å². The molecule has 7 heteroatoms. The molecule has 1 heterocycles. The van der Waals surface area contributed by atoms with Crippen molar-refractivity contribution in [3.05, 3.63) is 58.6 Å². The van der Waals surface area contributed by atoms with Gasteiger partial charge in [0.05, 0.1) is 19.6 Å². The molecule has 1 saturated heterocycles. The van der Waals surface area contributed by atoms with Gasteiger partial charge in [-0.25, -0.2) is 0 Å². The molecule has 160 valence electrons. The average Bonchev–Trinajstić information content (AvgIpc) is 3.21. The molecule has 0 aromatic heterocycles. The minimum absolute atomic E-state index is 0.0644. The van der Waals surface area contributed by atoms with Crippen molar-refractivity contribution in [1.29, 1.82) is 0 Å². The highest BCUT2D eigenvalue weighted by Crippen LogP contribution is 2.26. The van der Waals surface area contributed by atoms with Crippen molar-refractivity contribution < 1.29 is 14.3 Å². The van der Waals surface area contributed by atoms with Crippen LogP contribution < -0.4 is 20.3 Å². The first-order valence-electron chi connectivity index (χ1n) is 10.1. The van der Waals surface area contributed by atoms with Crippen LogP contribution in [-0.4, -0.2) is 38.6 Å². The van der Waals surface area contributed by atoms with Gasteiger partial charge in [0, 0.05) is 36.7 Å². The molecule has 2 amide bonds. The van der Waals surface area contributed by atoms with Crippen molar-refractivity contribution in [2.75, 3.05) is 31.6 Å². The predicted molar refractivity (Wildman–Crippen MR) is 122 cm³/mol. The summed E-state index contributed by atoms with van der Waals surface area (Å²) in [5.41, 5.74) is 2.08. The van der Waals surface area contributed by atoms with Crippen molar-refractivity contribution in [1.82, 2.24) is 10.6 Å². The van der Waals surface area contributed by atoms with Crippen LogP contribution in [0.2, 0.25) is 0 Å². The lowest BCUT2D eigenvalue weighted by Crippen LogP contribution is -2.35. The standard InChI is InChI=1S/C23H28BrN3O3/c1-16(28)26-22(18-6-8-21(30-2)9-7-18)13-23(29)25-14-17-10-11-27(15-17)20-5-3-4-19(24)12-20/h3-9,12,17,22H,10-11,13-15H2,1-2H3,(H,25,29)(H,26,28). The molecule has 2 N–H and O–H groups in total. The second-order valence-electron chi connectivity index (χ2n) is 7.62. The summed E-state index contributed by atoms with van der Waals surface area (Å²) in [4.78, 5) is 26.5. The number of ether oxygens (including phenoxy) is 1. The molecular formula is C23H28BrN3O3. The molecule has 3 rings (SSSR count). The van der Waals surface area contributed by atoms with Crippen molar-refractivity contribution in [3.63, 3.8) is 0 Å². The molecule has 6 nitrogen and oxygen atoms in total. The molecule has 2 atom stereocenters. The van der Waals surface area contributed by atoms with Gasteiger partial charge >= 0.3 is 0 Å². The van der Waals surface area contributed by atoms with E-state index in [0.29, 0.717) is 12.5 Å². The number of halogens is 1. The largest absolute Gasteiger partial charge is 0.497 e. The van der Waals surface area contributed by atoms with E-state index in [4.69, 9.17) is 4.74 Å². The number of carbonyl (C=O) groups excluding carboxylic acids is 2. The van der Waals surface area contributed by atoms with Gasteiger partial charge in [-0.2, -0.15) is 0 Å². The normalized spacial score (nSPS) is 16.8. The van der Waals surface area contributed by atoms with E-state index in [1.54, 1.807) is 7.11 Å². The molecule has 30 heavy (non-hydrogen) atoms. The fraction of sp³-hybridized carbons (Fsp3) is 0.391. The van der Waals surface area contributed by atoms with E-state index < -0.39 is 0 Å². The van der Waals surface area contributed by atoms with Crippen LogP contribution in [0, 0.1) is 5.92 Å². The maximum atomic E-state index is 12.6. The summed E-state index contributed by atoms with van der Waals surface area (Å²) in [5.74, 6) is 0.920. The Kier molecular flexibility index (Phi) is 7.74. The summed E-state index contributed by atoms with van der Waals surface area (Å²) in [6.45, 7) is 4.00. The third-order valence-electron chi connectivity index (χ3n) is 5.33. The number of benzene rings is 2. The Labute approximate surface area is 186 Å². The quantitative estimate of drug-likeness (QED) is 0.613. The Bertz CT molecular complexity index is 872. The number of hydrogen-bond acceptors (Lipinski definition) is 4. The molecule has 1 aliphatic heterocycles. The summed E-state index contributed by atoms with van der Waals surface area (Å²) >= 11 is 3.52. The Balaban J connectivity index is 1.52. The van der Waals surface area contributed by atoms with E-state index in [1.807, 2.05) is 36.4 Å². The molecule has 2 aromatic carbocycles. The molecule has 0 bridgehead atoms. The zero-order valence-corrected chi connectivity index (χ0v) is 18.9. The Morgan fingerprint density at radius 1 is 1.23 bits per heavy atom. The minimum Gasteiger partial charge on any atom is -0.497 e. The van der Waals surface area contributed by atoms with Crippen LogP contribution >= 0.6 is 15.9 Å². The number of hydrogen-bond donors (Lipinski definition) is 2. The zero-order valence-electron chi connectivity index (χ0n) is 17.4. The molecule has 0 radical (unpaired) electrons. The van der Waals surface area contributed by atoms with Crippen molar-refractivity contribution in [2.45, 2.75) is 25.8 Å². The van der Waals surface area contributed by atoms with Crippen LogP contribution in [0.15, 0.2) is 53.0 Å². The zero-order chi connectivity index (χ0) is 21.5. The van der Waals surface area contributed by atoms with Crippen LogP contribution in [0.25, 0.3) is 0 Å².